The number of hydrogen-bond acceptors (Lipinski definition) is 6. The average molecular weight is 496 g/mol. The molecule has 0 fully saturated rings. The maximum Gasteiger partial charge on any atom is 0.490 e. The second-order valence-electron chi connectivity index (χ2n) is 7.68. The predicted molar refractivity (Wildman–Crippen MR) is 123 cm³/mol. The number of fused-ring (bicyclic) bond motifs is 1. The van der Waals surface area contributed by atoms with Gasteiger partial charge in [-0.15, -0.1) is 0 Å². The van der Waals surface area contributed by atoms with E-state index in [1.165, 1.54) is 0 Å². The van der Waals surface area contributed by atoms with Gasteiger partial charge in [0.15, 0.2) is 5.96 Å². The maximum atomic E-state index is 12.1. The molecule has 1 aliphatic heterocycles. The molecule has 9 nitrogen and oxygen atoms in total. The first kappa shape index (κ1) is 27.4. The van der Waals surface area contributed by atoms with Crippen LogP contribution in [0, 0.1) is 0 Å². The fraction of sp³-hybridized carbons (Fsp3) is 0.391. The number of allylic oxidation sites excluding steroid dienone is 1. The zero-order chi connectivity index (χ0) is 25.8. The number of carbonyl (C=O) groups excluding carboxylic acids is 1. The van der Waals surface area contributed by atoms with Gasteiger partial charge in [0.2, 0.25) is 5.91 Å². The van der Waals surface area contributed by atoms with Gasteiger partial charge in [0, 0.05) is 32.0 Å². The van der Waals surface area contributed by atoms with Crippen molar-refractivity contribution in [1.29, 1.82) is 0 Å². The number of alkyl halides is 3. The average Bonchev–Trinajstić information content (AvgIpc) is 3.25. The molecular formula is C23H27F3N4O5. The van der Waals surface area contributed by atoms with Crippen molar-refractivity contribution in [3.8, 4) is 0 Å². The number of aliphatic carboxylic acids is 2. The Labute approximate surface area is 199 Å². The van der Waals surface area contributed by atoms with Gasteiger partial charge in [0.05, 0.1) is 13.0 Å². The number of carbonyl (C=O) groups is 3. The number of nitrogens with one attached hydrogen (secondary N) is 3. The number of guanidine groups is 1. The molecule has 2 aliphatic rings. The number of nitrogens with zero attached hydrogens (tertiary/aromatic N) is 1. The highest BCUT2D eigenvalue weighted by Crippen LogP contribution is 2.30. The summed E-state index contributed by atoms with van der Waals surface area (Å²) in [4.78, 5) is 36.5. The summed E-state index contributed by atoms with van der Waals surface area (Å²) in [6.45, 7) is 2.73. The number of benzene rings is 1. The summed E-state index contributed by atoms with van der Waals surface area (Å²) in [7, 11) is 0. The first-order valence-electron chi connectivity index (χ1n) is 10.8. The molecular weight excluding hydrogens is 469 g/mol. The van der Waals surface area contributed by atoms with E-state index in [9.17, 15) is 27.9 Å². The first-order valence-corrected chi connectivity index (χ1v) is 10.8. The lowest BCUT2D eigenvalue weighted by Gasteiger charge is -2.13. The van der Waals surface area contributed by atoms with E-state index in [2.05, 4.69) is 20.9 Å². The predicted octanol–water partition coefficient (Wildman–Crippen LogP) is 2.28. The van der Waals surface area contributed by atoms with E-state index in [0.29, 0.717) is 25.9 Å². The van der Waals surface area contributed by atoms with Crippen LogP contribution in [0.3, 0.4) is 0 Å². The van der Waals surface area contributed by atoms with Crippen molar-refractivity contribution in [3.63, 3.8) is 0 Å². The summed E-state index contributed by atoms with van der Waals surface area (Å²) in [6, 6.07) is 7.80. The molecule has 35 heavy (non-hydrogen) atoms. The van der Waals surface area contributed by atoms with Gasteiger partial charge >= 0.3 is 18.1 Å². The largest absolute Gasteiger partial charge is 0.490 e. The molecule has 5 N–H and O–H groups in total. The Morgan fingerprint density at radius 1 is 1.14 bits per heavy atom. The minimum absolute atomic E-state index is 0.0195. The molecule has 1 atom stereocenters. The molecule has 12 heteroatoms. The smallest absolute Gasteiger partial charge is 0.481 e. The van der Waals surface area contributed by atoms with E-state index in [1.54, 1.807) is 0 Å². The van der Waals surface area contributed by atoms with E-state index < -0.39 is 18.1 Å². The SMILES string of the molecule is O=C(O)C(F)(F)F.O=C(O)CC1C=C(CNC(=O)CCCNC2=NCCN2)C=Cc2ccccc21. The number of carboxylic acids is 2. The summed E-state index contributed by atoms with van der Waals surface area (Å²) in [6.07, 6.45) is 1.97. The van der Waals surface area contributed by atoms with Crippen molar-refractivity contribution in [2.45, 2.75) is 31.4 Å². The van der Waals surface area contributed by atoms with Gasteiger partial charge in [0.25, 0.3) is 0 Å². The number of carboxylic acid groups (broad SMARTS) is 2. The van der Waals surface area contributed by atoms with Crippen LogP contribution in [0.4, 0.5) is 13.2 Å². The van der Waals surface area contributed by atoms with Crippen LogP contribution >= 0.6 is 0 Å². The van der Waals surface area contributed by atoms with E-state index in [1.807, 2.05) is 42.5 Å². The number of amides is 1. The lowest BCUT2D eigenvalue weighted by Crippen LogP contribution is -2.35. The summed E-state index contributed by atoms with van der Waals surface area (Å²) < 4.78 is 31.7. The Kier molecular flexibility index (Phi) is 10.3. The molecule has 0 aromatic heterocycles. The monoisotopic (exact) mass is 496 g/mol. The zero-order valence-electron chi connectivity index (χ0n) is 18.8. The highest BCUT2D eigenvalue weighted by atomic mass is 19.4. The molecule has 1 unspecified atom stereocenters. The van der Waals surface area contributed by atoms with Crippen molar-refractivity contribution < 1.29 is 37.8 Å². The Morgan fingerprint density at radius 3 is 2.49 bits per heavy atom. The number of hydrogen-bond donors (Lipinski definition) is 5. The quantitative estimate of drug-likeness (QED) is 0.348. The van der Waals surface area contributed by atoms with Gasteiger partial charge in [-0.3, -0.25) is 14.6 Å². The topological polar surface area (TPSA) is 140 Å². The van der Waals surface area contributed by atoms with Crippen LogP contribution in [-0.4, -0.2) is 66.4 Å². The molecule has 1 aromatic carbocycles. The van der Waals surface area contributed by atoms with E-state index in [4.69, 9.17) is 9.90 Å². The molecule has 190 valence electrons. The third-order valence-electron chi connectivity index (χ3n) is 4.96. The van der Waals surface area contributed by atoms with Gasteiger partial charge in [0.1, 0.15) is 0 Å². The summed E-state index contributed by atoms with van der Waals surface area (Å²) in [5.41, 5.74) is 2.93. The van der Waals surface area contributed by atoms with Crippen LogP contribution in [0.2, 0.25) is 0 Å². The Hall–Kier alpha value is -3.83. The second-order valence-corrected chi connectivity index (χ2v) is 7.68. The molecule has 0 spiro atoms. The molecule has 3 rings (SSSR count). The summed E-state index contributed by atoms with van der Waals surface area (Å²) >= 11 is 0. The van der Waals surface area contributed by atoms with Crippen LogP contribution in [0.25, 0.3) is 6.08 Å². The van der Waals surface area contributed by atoms with Gasteiger partial charge in [-0.1, -0.05) is 42.5 Å². The van der Waals surface area contributed by atoms with E-state index in [-0.39, 0.29) is 18.2 Å². The lowest BCUT2D eigenvalue weighted by molar-refractivity contribution is -0.192. The molecule has 0 saturated heterocycles. The minimum atomic E-state index is -5.08. The van der Waals surface area contributed by atoms with Crippen LogP contribution in [0.1, 0.15) is 36.3 Å². The van der Waals surface area contributed by atoms with Crippen molar-refractivity contribution >= 4 is 29.9 Å². The zero-order valence-corrected chi connectivity index (χ0v) is 18.8. The fourth-order valence-electron chi connectivity index (χ4n) is 3.34. The highest BCUT2D eigenvalue weighted by molar-refractivity contribution is 5.81. The maximum absolute atomic E-state index is 12.1. The van der Waals surface area contributed by atoms with Crippen LogP contribution in [0.15, 0.2) is 47.0 Å². The van der Waals surface area contributed by atoms with Gasteiger partial charge in [-0.05, 0) is 23.1 Å². The molecule has 0 bridgehead atoms. The van der Waals surface area contributed by atoms with Crippen LogP contribution in [0.5, 0.6) is 0 Å². The molecule has 1 aromatic rings. The minimum Gasteiger partial charge on any atom is -0.481 e. The van der Waals surface area contributed by atoms with Gasteiger partial charge in [-0.25, -0.2) is 4.79 Å². The fourth-order valence-corrected chi connectivity index (χ4v) is 3.34. The Morgan fingerprint density at radius 2 is 1.86 bits per heavy atom. The van der Waals surface area contributed by atoms with E-state index >= 15 is 0 Å². The number of halogens is 3. The lowest BCUT2D eigenvalue weighted by atomic mass is 9.91. The molecule has 1 amide bonds. The van der Waals surface area contributed by atoms with Crippen molar-refractivity contribution in [2.75, 3.05) is 26.2 Å². The molecule has 1 heterocycles. The normalized spacial score (nSPS) is 16.4. The van der Waals surface area contributed by atoms with Crippen molar-refractivity contribution in [3.05, 3.63) is 53.1 Å². The second kappa shape index (κ2) is 13.2. The molecule has 0 saturated carbocycles. The van der Waals surface area contributed by atoms with Gasteiger partial charge in [-0.2, -0.15) is 13.2 Å². The number of rotatable bonds is 8. The van der Waals surface area contributed by atoms with Crippen molar-refractivity contribution in [1.82, 2.24) is 16.0 Å². The number of aliphatic imine (C=N–C) groups is 1. The third kappa shape index (κ3) is 9.90. The molecule has 1 aliphatic carbocycles. The first-order chi connectivity index (χ1) is 16.6. The summed E-state index contributed by atoms with van der Waals surface area (Å²) in [5, 5.41) is 25.6. The highest BCUT2D eigenvalue weighted by Gasteiger charge is 2.38. The Bertz CT molecular complexity index is 1010. The molecule has 0 radical (unpaired) electrons. The van der Waals surface area contributed by atoms with Crippen LogP contribution < -0.4 is 16.0 Å². The van der Waals surface area contributed by atoms with E-state index in [0.717, 1.165) is 35.7 Å². The van der Waals surface area contributed by atoms with Crippen LogP contribution in [-0.2, 0) is 14.4 Å². The van der Waals surface area contributed by atoms with Gasteiger partial charge < -0.3 is 26.2 Å². The standard InChI is InChI=1S/C21H26N4O3.C2HF3O2/c26-19(6-3-9-22-21-23-10-11-24-21)25-14-15-7-8-16-4-1-2-5-18(16)17(12-15)13-20(27)28;3-2(4,5)1(6)7/h1-2,4-5,7-8,12,17H,3,6,9-11,13-14H2,(H,25,26)(H,27,28)(H2,22,23,24);(H,6,7). The van der Waals surface area contributed by atoms with Crippen molar-refractivity contribution in [2.24, 2.45) is 4.99 Å². The Balaban J connectivity index is 0.000000540. The third-order valence-corrected chi connectivity index (χ3v) is 4.96. The summed E-state index contributed by atoms with van der Waals surface area (Å²) in [5.74, 6) is -3.02.